The minimum atomic E-state index is 0.0220. The number of aromatic nitrogens is 2. The van der Waals surface area contributed by atoms with E-state index in [9.17, 15) is 0 Å². The van der Waals surface area contributed by atoms with E-state index in [0.29, 0.717) is 0 Å². The Hall–Kier alpha value is -1.02. The molecule has 3 heteroatoms. The highest BCUT2D eigenvalue weighted by molar-refractivity contribution is 6.32. The normalized spacial score (nSPS) is 12.3. The van der Waals surface area contributed by atoms with Crippen LogP contribution in [-0.4, -0.2) is 9.97 Å². The van der Waals surface area contributed by atoms with Crippen LogP contribution in [0.1, 0.15) is 39.1 Å². The lowest BCUT2D eigenvalue weighted by atomic mass is 9.86. The Morgan fingerprint density at radius 3 is 2.56 bits per heavy atom. The molecule has 1 aromatic carbocycles. The molecule has 0 saturated heterocycles. The molecule has 1 heterocycles. The number of hydrogen-bond acceptors (Lipinski definition) is 1. The Labute approximate surface area is 101 Å². The maximum Gasteiger partial charge on any atom is 0.106 e. The number of H-pyrrole nitrogens is 1. The van der Waals surface area contributed by atoms with Gasteiger partial charge in [0.2, 0.25) is 0 Å². The lowest BCUT2D eigenvalue weighted by molar-refractivity contribution is 0.595. The lowest BCUT2D eigenvalue weighted by Crippen LogP contribution is -2.12. The van der Waals surface area contributed by atoms with Crippen LogP contribution in [0.4, 0.5) is 0 Å². The molecule has 0 unspecified atom stereocenters. The number of fused-ring (bicyclic) bond motifs is 1. The molecular weight excluding hydrogens is 220 g/mol. The van der Waals surface area contributed by atoms with Crippen molar-refractivity contribution < 1.29 is 0 Å². The van der Waals surface area contributed by atoms with Crippen LogP contribution < -0.4 is 0 Å². The largest absolute Gasteiger partial charge is 0.342 e. The molecule has 16 heavy (non-hydrogen) atoms. The van der Waals surface area contributed by atoms with Crippen LogP contribution in [0.3, 0.4) is 0 Å². The maximum absolute atomic E-state index is 6.29. The van der Waals surface area contributed by atoms with E-state index < -0.39 is 0 Å². The molecule has 0 amide bonds. The van der Waals surface area contributed by atoms with Crippen LogP contribution in [-0.2, 0) is 11.8 Å². The number of hydrogen-bond donors (Lipinski definition) is 1. The molecule has 0 bridgehead atoms. The van der Waals surface area contributed by atoms with Crippen molar-refractivity contribution in [2.24, 2.45) is 0 Å². The van der Waals surface area contributed by atoms with Gasteiger partial charge in [-0.15, -0.1) is 0 Å². The van der Waals surface area contributed by atoms with Crippen molar-refractivity contribution in [1.29, 1.82) is 0 Å². The van der Waals surface area contributed by atoms with Gasteiger partial charge in [0.15, 0.2) is 0 Å². The first-order chi connectivity index (χ1) is 7.43. The fourth-order valence-electron chi connectivity index (χ4n) is 2.00. The highest BCUT2D eigenvalue weighted by Gasteiger charge is 2.22. The Kier molecular flexibility index (Phi) is 2.70. The van der Waals surface area contributed by atoms with Gasteiger partial charge in [-0.1, -0.05) is 39.3 Å². The third kappa shape index (κ3) is 1.82. The molecule has 2 aromatic rings. The molecule has 86 valence electrons. The summed E-state index contributed by atoms with van der Waals surface area (Å²) in [5.74, 6) is 1.02. The van der Waals surface area contributed by atoms with Gasteiger partial charge in [0.1, 0.15) is 5.82 Å². The first-order valence-electron chi connectivity index (χ1n) is 5.61. The van der Waals surface area contributed by atoms with E-state index in [4.69, 9.17) is 11.6 Å². The topological polar surface area (TPSA) is 28.7 Å². The van der Waals surface area contributed by atoms with E-state index in [1.807, 2.05) is 12.1 Å². The summed E-state index contributed by atoms with van der Waals surface area (Å²) < 4.78 is 0. The average molecular weight is 237 g/mol. The van der Waals surface area contributed by atoms with Gasteiger partial charge in [-0.3, -0.25) is 0 Å². The molecule has 0 aliphatic rings. The van der Waals surface area contributed by atoms with E-state index in [0.717, 1.165) is 33.9 Å². The quantitative estimate of drug-likeness (QED) is 0.794. The summed E-state index contributed by atoms with van der Waals surface area (Å²) in [6.07, 6.45) is 0.913. The summed E-state index contributed by atoms with van der Waals surface area (Å²) in [7, 11) is 0. The number of rotatable bonds is 1. The molecular formula is C13H17ClN2. The third-order valence-electron chi connectivity index (χ3n) is 2.74. The smallest absolute Gasteiger partial charge is 0.106 e. The number of halogens is 1. The monoisotopic (exact) mass is 236 g/mol. The summed E-state index contributed by atoms with van der Waals surface area (Å²) in [5.41, 5.74) is 3.26. The minimum absolute atomic E-state index is 0.0220. The fourth-order valence-corrected chi connectivity index (χ4v) is 2.45. The SMILES string of the molecule is CCc1nc2ccc(Cl)c(C(C)(C)C)c2[nH]1. The molecule has 0 atom stereocenters. The molecule has 0 spiro atoms. The van der Waals surface area contributed by atoms with Crippen molar-refractivity contribution in [3.05, 3.63) is 28.5 Å². The van der Waals surface area contributed by atoms with Gasteiger partial charge < -0.3 is 4.98 Å². The van der Waals surface area contributed by atoms with Crippen LogP contribution in [0.2, 0.25) is 5.02 Å². The predicted octanol–water partition coefficient (Wildman–Crippen LogP) is 4.08. The fraction of sp³-hybridized carbons (Fsp3) is 0.462. The number of benzene rings is 1. The van der Waals surface area contributed by atoms with Gasteiger partial charge in [-0.2, -0.15) is 0 Å². The molecule has 0 saturated carbocycles. The van der Waals surface area contributed by atoms with Gasteiger partial charge >= 0.3 is 0 Å². The van der Waals surface area contributed by atoms with Crippen molar-refractivity contribution in [1.82, 2.24) is 9.97 Å². The Morgan fingerprint density at radius 1 is 1.31 bits per heavy atom. The van der Waals surface area contributed by atoms with Crippen molar-refractivity contribution in [3.8, 4) is 0 Å². The van der Waals surface area contributed by atoms with Crippen LogP contribution in [0, 0.1) is 0 Å². The summed E-state index contributed by atoms with van der Waals surface area (Å²) in [6, 6.07) is 3.91. The highest BCUT2D eigenvalue weighted by Crippen LogP contribution is 2.34. The van der Waals surface area contributed by atoms with Crippen molar-refractivity contribution in [3.63, 3.8) is 0 Å². The first-order valence-corrected chi connectivity index (χ1v) is 5.99. The maximum atomic E-state index is 6.29. The number of imidazole rings is 1. The number of aryl methyl sites for hydroxylation is 1. The van der Waals surface area contributed by atoms with Gasteiger partial charge in [0, 0.05) is 17.0 Å². The Balaban J connectivity index is 2.78. The minimum Gasteiger partial charge on any atom is -0.342 e. The van der Waals surface area contributed by atoms with Crippen LogP contribution in [0.5, 0.6) is 0 Å². The average Bonchev–Trinajstić information content (AvgIpc) is 2.57. The molecule has 0 aliphatic carbocycles. The van der Waals surface area contributed by atoms with Gasteiger partial charge in [0.25, 0.3) is 0 Å². The summed E-state index contributed by atoms with van der Waals surface area (Å²) in [5, 5.41) is 0.811. The molecule has 2 rings (SSSR count). The highest BCUT2D eigenvalue weighted by atomic mass is 35.5. The second kappa shape index (κ2) is 3.77. The van der Waals surface area contributed by atoms with Crippen LogP contribution >= 0.6 is 11.6 Å². The standard InChI is InChI=1S/C13H17ClN2/c1-5-10-15-9-7-6-8(14)11(12(9)16-10)13(2,3)4/h6-7H,5H2,1-4H3,(H,15,16). The van der Waals surface area contributed by atoms with Crippen LogP contribution in [0.25, 0.3) is 11.0 Å². The molecule has 0 radical (unpaired) electrons. The number of nitrogens with zero attached hydrogens (tertiary/aromatic N) is 1. The van der Waals surface area contributed by atoms with Crippen molar-refractivity contribution >= 4 is 22.6 Å². The second-order valence-electron chi connectivity index (χ2n) is 5.10. The van der Waals surface area contributed by atoms with Gasteiger partial charge in [-0.25, -0.2) is 4.98 Å². The zero-order valence-electron chi connectivity index (χ0n) is 10.2. The van der Waals surface area contributed by atoms with Gasteiger partial charge in [-0.05, 0) is 17.5 Å². The number of aromatic amines is 1. The summed E-state index contributed by atoms with van der Waals surface area (Å²) in [4.78, 5) is 7.90. The van der Waals surface area contributed by atoms with E-state index in [2.05, 4.69) is 37.7 Å². The van der Waals surface area contributed by atoms with E-state index in [1.165, 1.54) is 0 Å². The van der Waals surface area contributed by atoms with E-state index in [-0.39, 0.29) is 5.41 Å². The molecule has 2 nitrogen and oxygen atoms in total. The molecule has 1 aromatic heterocycles. The van der Waals surface area contributed by atoms with Crippen LogP contribution in [0.15, 0.2) is 12.1 Å². The third-order valence-corrected chi connectivity index (χ3v) is 3.06. The zero-order valence-corrected chi connectivity index (χ0v) is 10.9. The van der Waals surface area contributed by atoms with Crippen molar-refractivity contribution in [2.45, 2.75) is 39.5 Å². The summed E-state index contributed by atoms with van der Waals surface area (Å²) in [6.45, 7) is 8.59. The molecule has 0 fully saturated rings. The predicted molar refractivity (Wildman–Crippen MR) is 69.2 cm³/mol. The number of nitrogens with one attached hydrogen (secondary N) is 1. The Morgan fingerprint density at radius 2 is 2.00 bits per heavy atom. The first kappa shape index (κ1) is 11.5. The molecule has 1 N–H and O–H groups in total. The lowest BCUT2D eigenvalue weighted by Gasteiger charge is -2.21. The Bertz CT molecular complexity index is 520. The van der Waals surface area contributed by atoms with E-state index in [1.54, 1.807) is 0 Å². The molecule has 0 aliphatic heterocycles. The van der Waals surface area contributed by atoms with Gasteiger partial charge in [0.05, 0.1) is 11.0 Å². The zero-order chi connectivity index (χ0) is 11.9. The van der Waals surface area contributed by atoms with E-state index >= 15 is 0 Å². The second-order valence-corrected chi connectivity index (χ2v) is 5.51. The van der Waals surface area contributed by atoms with Crippen molar-refractivity contribution in [2.75, 3.05) is 0 Å². The summed E-state index contributed by atoms with van der Waals surface area (Å²) >= 11 is 6.29.